The second kappa shape index (κ2) is 12.3. The summed E-state index contributed by atoms with van der Waals surface area (Å²) in [6.45, 7) is 6.03. The van der Waals surface area contributed by atoms with Crippen molar-refractivity contribution in [3.05, 3.63) is 59.4 Å². The number of pyridine rings is 1. The van der Waals surface area contributed by atoms with E-state index in [4.69, 9.17) is 36.1 Å². The van der Waals surface area contributed by atoms with Gasteiger partial charge in [0.05, 0.1) is 29.7 Å². The quantitative estimate of drug-likeness (QED) is 0.202. The zero-order valence-electron chi connectivity index (χ0n) is 22.2. The van der Waals surface area contributed by atoms with Gasteiger partial charge in [-0.3, -0.25) is 9.32 Å². The van der Waals surface area contributed by atoms with Crippen LogP contribution in [0.1, 0.15) is 32.6 Å². The summed E-state index contributed by atoms with van der Waals surface area (Å²) in [5.41, 5.74) is 8.32. The third-order valence-corrected chi connectivity index (χ3v) is 7.91. The fourth-order valence-electron chi connectivity index (χ4n) is 4.16. The van der Waals surface area contributed by atoms with Crippen LogP contribution in [0.2, 0.25) is 5.02 Å². The maximum Gasteiger partial charge on any atom is 0.459 e. The molecule has 0 aliphatic heterocycles. The van der Waals surface area contributed by atoms with E-state index in [0.29, 0.717) is 28.8 Å². The van der Waals surface area contributed by atoms with Gasteiger partial charge in [0.1, 0.15) is 23.7 Å². The molecule has 0 saturated carbocycles. The molecule has 13 heteroatoms. The van der Waals surface area contributed by atoms with Gasteiger partial charge in [-0.05, 0) is 51.1 Å². The number of carbonyl (C=O) groups excluding carboxylic acids is 1. The Labute approximate surface area is 231 Å². The van der Waals surface area contributed by atoms with Gasteiger partial charge >= 0.3 is 7.75 Å². The van der Waals surface area contributed by atoms with Gasteiger partial charge in [0.2, 0.25) is 5.91 Å². The molecule has 2 heterocycles. The summed E-state index contributed by atoms with van der Waals surface area (Å²) >= 11 is 5.98. The SMILES string of the molecule is CCOCc1nc2c(N)nc3ccccc3c2n1[C@@H](C)COP(=O)(N[C@@H](C)C(=O)NC)Oc1ccc(Cl)cc1. The first-order chi connectivity index (χ1) is 18.7. The molecule has 4 aromatic rings. The molecule has 2 aromatic heterocycles. The van der Waals surface area contributed by atoms with Crippen LogP contribution in [-0.2, 0) is 25.2 Å². The van der Waals surface area contributed by atoms with Crippen LogP contribution in [0, 0.1) is 0 Å². The summed E-state index contributed by atoms with van der Waals surface area (Å²) in [5, 5.41) is 6.59. The Kier molecular flexibility index (Phi) is 9.09. The summed E-state index contributed by atoms with van der Waals surface area (Å²) in [6, 6.07) is 12.7. The lowest BCUT2D eigenvalue weighted by molar-refractivity contribution is -0.121. The lowest BCUT2D eigenvalue weighted by Crippen LogP contribution is -2.40. The van der Waals surface area contributed by atoms with E-state index < -0.39 is 19.8 Å². The molecular formula is C26H32ClN6O5P. The number of halogens is 1. The van der Waals surface area contributed by atoms with Crippen molar-refractivity contribution in [3.8, 4) is 5.75 Å². The van der Waals surface area contributed by atoms with Gasteiger partial charge in [-0.2, -0.15) is 5.09 Å². The van der Waals surface area contributed by atoms with Gasteiger partial charge in [0.25, 0.3) is 0 Å². The van der Waals surface area contributed by atoms with Gasteiger partial charge in [-0.1, -0.05) is 29.8 Å². The van der Waals surface area contributed by atoms with Crippen molar-refractivity contribution in [3.63, 3.8) is 0 Å². The number of hydrogen-bond acceptors (Lipinski definition) is 8. The van der Waals surface area contributed by atoms with E-state index in [1.807, 2.05) is 42.7 Å². The fourth-order valence-corrected chi connectivity index (χ4v) is 5.86. The summed E-state index contributed by atoms with van der Waals surface area (Å²) in [5.74, 6) is 0.807. The van der Waals surface area contributed by atoms with Crippen molar-refractivity contribution in [2.75, 3.05) is 26.0 Å². The number of benzene rings is 2. The number of carbonyl (C=O) groups is 1. The molecule has 208 valence electrons. The molecule has 0 bridgehead atoms. The number of amides is 1. The van der Waals surface area contributed by atoms with Crippen LogP contribution < -0.4 is 20.7 Å². The van der Waals surface area contributed by atoms with Crippen LogP contribution in [-0.4, -0.2) is 46.7 Å². The number of anilines is 1. The lowest BCUT2D eigenvalue weighted by Gasteiger charge is -2.25. The minimum Gasteiger partial charge on any atom is -0.413 e. The van der Waals surface area contributed by atoms with E-state index in [-0.39, 0.29) is 24.9 Å². The van der Waals surface area contributed by atoms with Gasteiger partial charge < -0.3 is 24.9 Å². The standard InChI is InChI=1S/C26H32ClN6O5P/c1-5-36-15-22-31-23-24(20-8-6-7-9-21(20)30-25(23)28)33(22)16(2)14-37-39(35,32-17(3)26(34)29-4)38-19-12-10-18(27)11-13-19/h6-13,16-17H,5,14-15H2,1-4H3,(H2,28,30)(H,29,34)(H,32,35)/t16-,17-,39?/m0/s1. The molecule has 4 rings (SSSR count). The number of nitrogens with two attached hydrogens (primary N) is 1. The predicted octanol–water partition coefficient (Wildman–Crippen LogP) is 4.85. The Morgan fingerprint density at radius 2 is 1.87 bits per heavy atom. The Bertz CT molecular complexity index is 1510. The Balaban J connectivity index is 1.70. The number of ether oxygens (including phenoxy) is 1. The Morgan fingerprint density at radius 1 is 1.15 bits per heavy atom. The molecule has 0 aliphatic rings. The molecule has 0 radical (unpaired) electrons. The fraction of sp³-hybridized carbons (Fsp3) is 0.346. The second-order valence-electron chi connectivity index (χ2n) is 8.90. The van der Waals surface area contributed by atoms with E-state index in [0.717, 1.165) is 16.4 Å². The molecule has 0 aliphatic carbocycles. The van der Waals surface area contributed by atoms with E-state index in [1.165, 1.54) is 7.05 Å². The first-order valence-electron chi connectivity index (χ1n) is 12.5. The van der Waals surface area contributed by atoms with Crippen molar-refractivity contribution in [1.29, 1.82) is 0 Å². The van der Waals surface area contributed by atoms with Crippen LogP contribution in [0.4, 0.5) is 5.82 Å². The summed E-state index contributed by atoms with van der Waals surface area (Å²) < 4.78 is 33.3. The molecule has 4 N–H and O–H groups in total. The molecule has 0 fully saturated rings. The maximum absolute atomic E-state index is 13.9. The van der Waals surface area contributed by atoms with Crippen molar-refractivity contribution in [2.24, 2.45) is 0 Å². The Hall–Kier alpha value is -3.21. The minimum absolute atomic E-state index is 0.0561. The maximum atomic E-state index is 13.9. The number of fused-ring (bicyclic) bond motifs is 3. The number of nitrogen functional groups attached to an aromatic ring is 1. The van der Waals surface area contributed by atoms with E-state index in [9.17, 15) is 9.36 Å². The largest absolute Gasteiger partial charge is 0.459 e. The highest BCUT2D eigenvalue weighted by Crippen LogP contribution is 2.46. The zero-order chi connectivity index (χ0) is 28.2. The third-order valence-electron chi connectivity index (χ3n) is 6.02. The average molecular weight is 575 g/mol. The van der Waals surface area contributed by atoms with Crippen LogP contribution >= 0.6 is 19.3 Å². The van der Waals surface area contributed by atoms with Crippen molar-refractivity contribution in [2.45, 2.75) is 39.5 Å². The highest BCUT2D eigenvalue weighted by atomic mass is 35.5. The van der Waals surface area contributed by atoms with Gasteiger partial charge in [-0.15, -0.1) is 0 Å². The molecule has 1 amide bonds. The predicted molar refractivity (Wildman–Crippen MR) is 152 cm³/mol. The van der Waals surface area contributed by atoms with Crippen molar-refractivity contribution in [1.82, 2.24) is 24.9 Å². The minimum atomic E-state index is -4.05. The third kappa shape index (κ3) is 6.51. The number of imidazole rings is 1. The summed E-state index contributed by atoms with van der Waals surface area (Å²) in [7, 11) is -2.56. The van der Waals surface area contributed by atoms with Gasteiger partial charge in [-0.25, -0.2) is 14.5 Å². The zero-order valence-corrected chi connectivity index (χ0v) is 23.8. The topological polar surface area (TPSA) is 143 Å². The van der Waals surface area contributed by atoms with Crippen LogP contribution in [0.15, 0.2) is 48.5 Å². The molecule has 3 atom stereocenters. The molecule has 39 heavy (non-hydrogen) atoms. The van der Waals surface area contributed by atoms with Crippen molar-refractivity contribution >= 4 is 53.0 Å². The number of para-hydroxylation sites is 1. The first kappa shape index (κ1) is 28.8. The molecule has 0 spiro atoms. The van der Waals surface area contributed by atoms with Crippen LogP contribution in [0.3, 0.4) is 0 Å². The summed E-state index contributed by atoms with van der Waals surface area (Å²) in [6.07, 6.45) is 0. The Morgan fingerprint density at radius 3 is 2.56 bits per heavy atom. The normalized spacial score (nSPS) is 14.7. The molecule has 1 unspecified atom stereocenters. The lowest BCUT2D eigenvalue weighted by atomic mass is 10.1. The number of hydrogen-bond donors (Lipinski definition) is 3. The molecule has 2 aromatic carbocycles. The van der Waals surface area contributed by atoms with E-state index in [2.05, 4.69) is 15.4 Å². The molecule has 11 nitrogen and oxygen atoms in total. The number of rotatable bonds is 12. The smallest absolute Gasteiger partial charge is 0.413 e. The average Bonchev–Trinajstić information content (AvgIpc) is 3.32. The molecule has 0 saturated heterocycles. The van der Waals surface area contributed by atoms with Crippen LogP contribution in [0.25, 0.3) is 21.9 Å². The molecular weight excluding hydrogens is 543 g/mol. The summed E-state index contributed by atoms with van der Waals surface area (Å²) in [4.78, 5) is 21.4. The van der Waals surface area contributed by atoms with Gasteiger partial charge in [0.15, 0.2) is 5.82 Å². The number of likely N-dealkylation sites (N-methyl/N-ethyl adjacent to an activating group) is 1. The first-order valence-corrected chi connectivity index (χ1v) is 14.4. The van der Waals surface area contributed by atoms with Crippen molar-refractivity contribution < 1.29 is 23.1 Å². The van der Waals surface area contributed by atoms with Gasteiger partial charge in [0, 0.05) is 24.1 Å². The number of aromatic nitrogens is 3. The monoisotopic (exact) mass is 574 g/mol. The van der Waals surface area contributed by atoms with Crippen LogP contribution in [0.5, 0.6) is 5.75 Å². The number of nitrogens with one attached hydrogen (secondary N) is 2. The van der Waals surface area contributed by atoms with E-state index >= 15 is 0 Å². The van der Waals surface area contributed by atoms with E-state index in [1.54, 1.807) is 31.2 Å². The second-order valence-corrected chi connectivity index (χ2v) is 11.0. The highest BCUT2D eigenvalue weighted by Gasteiger charge is 2.33. The highest BCUT2D eigenvalue weighted by molar-refractivity contribution is 7.52. The number of nitrogens with zero attached hydrogens (tertiary/aromatic N) is 3.